The first-order valence-corrected chi connectivity index (χ1v) is 8.80. The highest BCUT2D eigenvalue weighted by atomic mass is 16.2. The van der Waals surface area contributed by atoms with Crippen molar-refractivity contribution in [2.75, 3.05) is 49.5 Å². The summed E-state index contributed by atoms with van der Waals surface area (Å²) in [6.45, 7) is 6.18. The summed E-state index contributed by atoms with van der Waals surface area (Å²) >= 11 is 0. The molecule has 2 fully saturated rings. The Balaban J connectivity index is 1.52. The van der Waals surface area contributed by atoms with Crippen molar-refractivity contribution in [1.29, 1.82) is 0 Å². The van der Waals surface area contributed by atoms with Gasteiger partial charge in [-0.2, -0.15) is 0 Å². The van der Waals surface area contributed by atoms with E-state index in [4.69, 9.17) is 0 Å². The first-order chi connectivity index (χ1) is 11.6. The van der Waals surface area contributed by atoms with Gasteiger partial charge in [0.05, 0.1) is 0 Å². The van der Waals surface area contributed by atoms with Gasteiger partial charge in [0.2, 0.25) is 5.91 Å². The third-order valence-electron chi connectivity index (χ3n) is 4.85. The highest BCUT2D eigenvalue weighted by Gasteiger charge is 2.22. The maximum absolute atomic E-state index is 12.3. The fraction of sp³-hybridized carbons (Fsp3) is 0.556. The largest absolute Gasteiger partial charge is 0.372 e. The molecule has 0 radical (unpaired) electrons. The third-order valence-corrected chi connectivity index (χ3v) is 4.85. The lowest BCUT2D eigenvalue weighted by atomic mass is 10.1. The molecule has 1 aromatic carbocycles. The Morgan fingerprint density at radius 3 is 2.00 bits per heavy atom. The molecule has 1 N–H and O–H groups in total. The molecule has 130 valence electrons. The number of amides is 3. The average molecular weight is 330 g/mol. The standard InChI is InChI=1S/C18H26N4O2/c1-15(23)20-11-13-22(14-12-20)18(24)19-16-5-7-17(8-6-16)21-9-3-2-4-10-21/h5-8H,2-4,9-14H2,1H3,(H,19,24). The van der Waals surface area contributed by atoms with Gasteiger partial charge in [0.15, 0.2) is 0 Å². The van der Waals surface area contributed by atoms with Crippen LogP contribution in [-0.2, 0) is 4.79 Å². The van der Waals surface area contributed by atoms with E-state index < -0.39 is 0 Å². The highest BCUT2D eigenvalue weighted by molar-refractivity contribution is 5.89. The molecule has 2 aliphatic rings. The molecule has 0 aromatic heterocycles. The SMILES string of the molecule is CC(=O)N1CCN(C(=O)Nc2ccc(N3CCCCC3)cc2)CC1. The number of urea groups is 1. The Morgan fingerprint density at radius 1 is 0.833 bits per heavy atom. The number of hydrogen-bond donors (Lipinski definition) is 1. The smallest absolute Gasteiger partial charge is 0.321 e. The van der Waals surface area contributed by atoms with Gasteiger partial charge in [-0.15, -0.1) is 0 Å². The van der Waals surface area contributed by atoms with Crippen LogP contribution in [0.1, 0.15) is 26.2 Å². The van der Waals surface area contributed by atoms with Crippen molar-refractivity contribution in [3.63, 3.8) is 0 Å². The highest BCUT2D eigenvalue weighted by Crippen LogP contribution is 2.22. The van der Waals surface area contributed by atoms with Crippen LogP contribution in [0.25, 0.3) is 0 Å². The van der Waals surface area contributed by atoms with Crippen molar-refractivity contribution in [2.45, 2.75) is 26.2 Å². The minimum atomic E-state index is -0.0936. The van der Waals surface area contributed by atoms with Gasteiger partial charge < -0.3 is 20.0 Å². The zero-order valence-electron chi connectivity index (χ0n) is 14.3. The predicted octanol–water partition coefficient (Wildman–Crippen LogP) is 2.37. The van der Waals surface area contributed by atoms with Crippen molar-refractivity contribution in [3.05, 3.63) is 24.3 Å². The summed E-state index contributed by atoms with van der Waals surface area (Å²) in [4.78, 5) is 29.6. The number of benzene rings is 1. The summed E-state index contributed by atoms with van der Waals surface area (Å²) in [7, 11) is 0. The summed E-state index contributed by atoms with van der Waals surface area (Å²) in [5, 5.41) is 2.95. The third kappa shape index (κ3) is 3.99. The Kier molecular flexibility index (Phi) is 5.23. The second-order valence-electron chi connectivity index (χ2n) is 6.52. The van der Waals surface area contributed by atoms with Crippen LogP contribution in [0, 0.1) is 0 Å². The van der Waals surface area contributed by atoms with Crippen molar-refractivity contribution >= 4 is 23.3 Å². The normalized spacial score (nSPS) is 18.5. The summed E-state index contributed by atoms with van der Waals surface area (Å²) in [5.74, 6) is 0.0726. The second kappa shape index (κ2) is 7.55. The van der Waals surface area contributed by atoms with Crippen LogP contribution in [0.2, 0.25) is 0 Å². The van der Waals surface area contributed by atoms with Gasteiger partial charge in [-0.25, -0.2) is 4.79 Å². The molecule has 0 unspecified atom stereocenters. The quantitative estimate of drug-likeness (QED) is 0.906. The van der Waals surface area contributed by atoms with Crippen molar-refractivity contribution < 1.29 is 9.59 Å². The molecule has 6 heteroatoms. The van der Waals surface area contributed by atoms with Gasteiger partial charge in [0.1, 0.15) is 0 Å². The number of rotatable bonds is 2. The molecule has 0 bridgehead atoms. The van der Waals surface area contributed by atoms with Crippen LogP contribution in [-0.4, -0.2) is 61.0 Å². The van der Waals surface area contributed by atoms with Crippen LogP contribution >= 0.6 is 0 Å². The van der Waals surface area contributed by atoms with Crippen LogP contribution in [0.3, 0.4) is 0 Å². The fourth-order valence-electron chi connectivity index (χ4n) is 3.33. The summed E-state index contributed by atoms with van der Waals surface area (Å²) < 4.78 is 0. The van der Waals surface area contributed by atoms with Crippen LogP contribution < -0.4 is 10.2 Å². The van der Waals surface area contributed by atoms with Crippen molar-refractivity contribution in [3.8, 4) is 0 Å². The zero-order valence-corrected chi connectivity index (χ0v) is 14.3. The number of carbonyl (C=O) groups is 2. The summed E-state index contributed by atoms with van der Waals surface area (Å²) in [5.41, 5.74) is 2.04. The first kappa shape index (κ1) is 16.6. The van der Waals surface area contributed by atoms with Crippen molar-refractivity contribution in [2.24, 2.45) is 0 Å². The van der Waals surface area contributed by atoms with E-state index in [0.29, 0.717) is 26.2 Å². The van der Waals surface area contributed by atoms with Gasteiger partial charge in [0, 0.05) is 57.6 Å². The number of piperazine rings is 1. The maximum Gasteiger partial charge on any atom is 0.321 e. The van der Waals surface area contributed by atoms with E-state index in [0.717, 1.165) is 18.8 Å². The lowest BCUT2D eigenvalue weighted by Crippen LogP contribution is -2.51. The summed E-state index contributed by atoms with van der Waals surface area (Å²) in [6.07, 6.45) is 3.83. The van der Waals surface area contributed by atoms with Gasteiger partial charge in [0.25, 0.3) is 0 Å². The van der Waals surface area contributed by atoms with Gasteiger partial charge >= 0.3 is 6.03 Å². The first-order valence-electron chi connectivity index (χ1n) is 8.80. The molecule has 0 saturated carbocycles. The summed E-state index contributed by atoms with van der Waals surface area (Å²) in [6, 6.07) is 7.99. The molecule has 3 rings (SSSR count). The lowest BCUT2D eigenvalue weighted by Gasteiger charge is -2.34. The molecule has 3 amide bonds. The minimum absolute atomic E-state index is 0.0726. The van der Waals surface area contributed by atoms with E-state index in [2.05, 4.69) is 22.3 Å². The number of nitrogens with one attached hydrogen (secondary N) is 1. The lowest BCUT2D eigenvalue weighted by molar-refractivity contribution is -0.130. The van der Waals surface area contributed by atoms with E-state index in [-0.39, 0.29) is 11.9 Å². The number of carbonyl (C=O) groups excluding carboxylic acids is 2. The zero-order chi connectivity index (χ0) is 16.9. The van der Waals surface area contributed by atoms with Gasteiger partial charge in [-0.05, 0) is 43.5 Å². The van der Waals surface area contributed by atoms with E-state index in [1.807, 2.05) is 12.1 Å². The Morgan fingerprint density at radius 2 is 1.42 bits per heavy atom. The molecule has 6 nitrogen and oxygen atoms in total. The molecule has 24 heavy (non-hydrogen) atoms. The Bertz CT molecular complexity index is 573. The van der Waals surface area contributed by atoms with Crippen LogP contribution in [0.4, 0.5) is 16.2 Å². The molecule has 2 saturated heterocycles. The number of anilines is 2. The number of piperidine rings is 1. The predicted molar refractivity (Wildman–Crippen MR) is 95.4 cm³/mol. The number of nitrogens with zero attached hydrogens (tertiary/aromatic N) is 3. The molecule has 0 aliphatic carbocycles. The van der Waals surface area contributed by atoms with Gasteiger partial charge in [-0.3, -0.25) is 4.79 Å². The minimum Gasteiger partial charge on any atom is -0.372 e. The van der Waals surface area contributed by atoms with E-state index >= 15 is 0 Å². The van der Waals surface area contributed by atoms with Gasteiger partial charge in [-0.1, -0.05) is 0 Å². The topological polar surface area (TPSA) is 55.9 Å². The molecule has 0 spiro atoms. The molecule has 1 aromatic rings. The van der Waals surface area contributed by atoms with Crippen LogP contribution in [0.5, 0.6) is 0 Å². The maximum atomic E-state index is 12.3. The second-order valence-corrected chi connectivity index (χ2v) is 6.52. The Labute approximate surface area is 143 Å². The van der Waals surface area contributed by atoms with Crippen LogP contribution in [0.15, 0.2) is 24.3 Å². The Hall–Kier alpha value is -2.24. The van der Waals surface area contributed by atoms with E-state index in [9.17, 15) is 9.59 Å². The fourth-order valence-corrected chi connectivity index (χ4v) is 3.33. The molecular weight excluding hydrogens is 304 g/mol. The van der Waals surface area contributed by atoms with E-state index in [1.54, 1.807) is 16.7 Å². The molecule has 0 atom stereocenters. The number of hydrogen-bond acceptors (Lipinski definition) is 3. The van der Waals surface area contributed by atoms with Crippen molar-refractivity contribution in [1.82, 2.24) is 9.80 Å². The monoisotopic (exact) mass is 330 g/mol. The average Bonchev–Trinajstić information content (AvgIpc) is 2.63. The molecule has 2 aliphatic heterocycles. The molecular formula is C18H26N4O2. The van der Waals surface area contributed by atoms with E-state index in [1.165, 1.54) is 24.9 Å². The molecule has 2 heterocycles.